The van der Waals surface area contributed by atoms with Crippen LogP contribution >= 0.6 is 0 Å². The molecule has 0 aromatic rings. The number of nitrogens with one attached hydrogen (secondary N) is 1. The van der Waals surface area contributed by atoms with E-state index < -0.39 is 5.60 Å². The highest BCUT2D eigenvalue weighted by Crippen LogP contribution is 2.12. The molecule has 0 saturated carbocycles. The van der Waals surface area contributed by atoms with E-state index in [4.69, 9.17) is 9.47 Å². The third-order valence-corrected chi connectivity index (χ3v) is 2.58. The monoisotopic (exact) mass is 244 g/mol. The minimum Gasteiger partial charge on any atom is -0.444 e. The van der Waals surface area contributed by atoms with E-state index in [9.17, 15) is 4.79 Å². The Morgan fingerprint density at radius 2 is 2.18 bits per heavy atom. The summed E-state index contributed by atoms with van der Waals surface area (Å²) in [6, 6.07) is 0.302. The third-order valence-electron chi connectivity index (χ3n) is 2.58. The fourth-order valence-corrected chi connectivity index (χ4v) is 1.77. The molecule has 5 heteroatoms. The molecule has 1 N–H and O–H groups in total. The highest BCUT2D eigenvalue weighted by atomic mass is 16.6. The summed E-state index contributed by atoms with van der Waals surface area (Å²) in [4.78, 5) is 13.6. The van der Waals surface area contributed by atoms with E-state index in [0.29, 0.717) is 25.7 Å². The minimum absolute atomic E-state index is 0.221. The van der Waals surface area contributed by atoms with Crippen molar-refractivity contribution >= 4 is 6.09 Å². The quantitative estimate of drug-likeness (QED) is 0.811. The lowest BCUT2D eigenvalue weighted by Crippen LogP contribution is -2.53. The van der Waals surface area contributed by atoms with Crippen molar-refractivity contribution in [3.8, 4) is 0 Å². The van der Waals surface area contributed by atoms with Gasteiger partial charge in [-0.15, -0.1) is 0 Å². The predicted molar refractivity (Wildman–Crippen MR) is 66.1 cm³/mol. The highest BCUT2D eigenvalue weighted by Gasteiger charge is 2.26. The standard InChI is InChI=1S/C12H24N2O3/c1-12(2,3)17-11(15)14-7-6-13-10(9-14)5-8-16-4/h10,13H,5-9H2,1-4H3. The Morgan fingerprint density at radius 1 is 1.47 bits per heavy atom. The number of piperazine rings is 1. The zero-order chi connectivity index (χ0) is 12.9. The molecule has 0 spiro atoms. The lowest BCUT2D eigenvalue weighted by molar-refractivity contribution is 0.0183. The molecule has 0 aromatic heterocycles. The second-order valence-corrected chi connectivity index (χ2v) is 5.36. The highest BCUT2D eigenvalue weighted by molar-refractivity contribution is 5.68. The number of amides is 1. The van der Waals surface area contributed by atoms with Crippen LogP contribution in [0.5, 0.6) is 0 Å². The first-order valence-corrected chi connectivity index (χ1v) is 6.12. The van der Waals surface area contributed by atoms with Gasteiger partial charge in [0.05, 0.1) is 0 Å². The first-order valence-electron chi connectivity index (χ1n) is 6.12. The van der Waals surface area contributed by atoms with E-state index in [1.165, 1.54) is 0 Å². The Morgan fingerprint density at radius 3 is 2.76 bits per heavy atom. The molecular weight excluding hydrogens is 220 g/mol. The topological polar surface area (TPSA) is 50.8 Å². The lowest BCUT2D eigenvalue weighted by atomic mass is 10.1. The van der Waals surface area contributed by atoms with Gasteiger partial charge in [-0.1, -0.05) is 0 Å². The fourth-order valence-electron chi connectivity index (χ4n) is 1.77. The van der Waals surface area contributed by atoms with Crippen molar-refractivity contribution in [2.45, 2.75) is 38.8 Å². The van der Waals surface area contributed by atoms with Gasteiger partial charge in [-0.05, 0) is 27.2 Å². The van der Waals surface area contributed by atoms with Crippen LogP contribution < -0.4 is 5.32 Å². The van der Waals surface area contributed by atoms with Gasteiger partial charge in [0.25, 0.3) is 0 Å². The van der Waals surface area contributed by atoms with E-state index in [-0.39, 0.29) is 6.09 Å². The van der Waals surface area contributed by atoms with Crippen LogP contribution in [0.15, 0.2) is 0 Å². The number of carbonyl (C=O) groups excluding carboxylic acids is 1. The maximum absolute atomic E-state index is 11.9. The van der Waals surface area contributed by atoms with Gasteiger partial charge >= 0.3 is 6.09 Å². The van der Waals surface area contributed by atoms with Gasteiger partial charge in [0.1, 0.15) is 5.60 Å². The number of methoxy groups -OCH3 is 1. The lowest BCUT2D eigenvalue weighted by Gasteiger charge is -2.34. The van der Waals surface area contributed by atoms with Crippen molar-refractivity contribution in [1.82, 2.24) is 10.2 Å². The average Bonchev–Trinajstić information content (AvgIpc) is 2.24. The van der Waals surface area contributed by atoms with E-state index in [0.717, 1.165) is 13.0 Å². The molecular formula is C12H24N2O3. The summed E-state index contributed by atoms with van der Waals surface area (Å²) in [5, 5.41) is 3.37. The largest absolute Gasteiger partial charge is 0.444 e. The molecule has 0 bridgehead atoms. The van der Waals surface area contributed by atoms with Gasteiger partial charge < -0.3 is 19.7 Å². The third kappa shape index (κ3) is 5.37. The maximum Gasteiger partial charge on any atom is 0.410 e. The molecule has 1 heterocycles. The smallest absolute Gasteiger partial charge is 0.410 e. The van der Waals surface area contributed by atoms with Crippen LogP contribution in [0.4, 0.5) is 4.79 Å². The molecule has 1 aliphatic heterocycles. The summed E-state index contributed by atoms with van der Waals surface area (Å²) in [6.45, 7) is 8.57. The van der Waals surface area contributed by atoms with Gasteiger partial charge in [0.15, 0.2) is 0 Å². The number of nitrogens with zero attached hydrogens (tertiary/aromatic N) is 1. The Labute approximate surface area is 103 Å². The Hall–Kier alpha value is -0.810. The van der Waals surface area contributed by atoms with E-state index in [1.807, 2.05) is 20.8 Å². The van der Waals surface area contributed by atoms with Crippen LogP contribution in [-0.4, -0.2) is 56.0 Å². The molecule has 1 aliphatic rings. The van der Waals surface area contributed by atoms with Crippen molar-refractivity contribution in [3.05, 3.63) is 0 Å². The van der Waals surface area contributed by atoms with Crippen LogP contribution in [0.1, 0.15) is 27.2 Å². The normalized spacial score (nSPS) is 21.4. The fraction of sp³-hybridized carbons (Fsp3) is 0.917. The summed E-state index contributed by atoms with van der Waals surface area (Å²) in [6.07, 6.45) is 0.692. The summed E-state index contributed by atoms with van der Waals surface area (Å²) >= 11 is 0. The van der Waals surface area contributed by atoms with Crippen LogP contribution in [-0.2, 0) is 9.47 Å². The zero-order valence-corrected chi connectivity index (χ0v) is 11.3. The van der Waals surface area contributed by atoms with Crippen LogP contribution in [0.25, 0.3) is 0 Å². The molecule has 1 rings (SSSR count). The number of ether oxygens (including phenoxy) is 2. The van der Waals surface area contributed by atoms with Crippen molar-refractivity contribution < 1.29 is 14.3 Å². The number of hydrogen-bond acceptors (Lipinski definition) is 4. The number of rotatable bonds is 3. The van der Waals surface area contributed by atoms with Gasteiger partial charge in [-0.2, -0.15) is 0 Å². The SMILES string of the molecule is COCCC1CN(C(=O)OC(C)(C)C)CCN1. The minimum atomic E-state index is -0.427. The van der Waals surface area contributed by atoms with Crippen molar-refractivity contribution in [1.29, 1.82) is 0 Å². The molecule has 0 radical (unpaired) electrons. The first kappa shape index (κ1) is 14.3. The van der Waals surface area contributed by atoms with Crippen molar-refractivity contribution in [2.24, 2.45) is 0 Å². The van der Waals surface area contributed by atoms with Crippen LogP contribution in [0.2, 0.25) is 0 Å². The summed E-state index contributed by atoms with van der Waals surface area (Å²) in [5.41, 5.74) is -0.427. The average molecular weight is 244 g/mol. The van der Waals surface area contributed by atoms with Gasteiger partial charge in [0, 0.05) is 39.4 Å². The summed E-state index contributed by atoms with van der Waals surface area (Å²) < 4.78 is 10.4. The second kappa shape index (κ2) is 6.21. The second-order valence-electron chi connectivity index (χ2n) is 5.36. The maximum atomic E-state index is 11.9. The first-order chi connectivity index (χ1) is 7.92. The van der Waals surface area contributed by atoms with Gasteiger partial charge in [0.2, 0.25) is 0 Å². The zero-order valence-electron chi connectivity index (χ0n) is 11.3. The number of hydrogen-bond donors (Lipinski definition) is 1. The van der Waals surface area contributed by atoms with E-state index >= 15 is 0 Å². The molecule has 100 valence electrons. The van der Waals surface area contributed by atoms with Crippen LogP contribution in [0.3, 0.4) is 0 Å². The Bertz CT molecular complexity index is 251. The summed E-state index contributed by atoms with van der Waals surface area (Å²) in [5.74, 6) is 0. The van der Waals surface area contributed by atoms with Gasteiger partial charge in [-0.25, -0.2) is 4.79 Å². The molecule has 0 aromatic carbocycles. The van der Waals surface area contributed by atoms with Crippen molar-refractivity contribution in [2.75, 3.05) is 33.4 Å². The molecule has 1 saturated heterocycles. The predicted octanol–water partition coefficient (Wildman–Crippen LogP) is 1.23. The Balaban J connectivity index is 2.40. The number of carbonyl (C=O) groups is 1. The van der Waals surface area contributed by atoms with E-state index in [1.54, 1.807) is 12.0 Å². The van der Waals surface area contributed by atoms with E-state index in [2.05, 4.69) is 5.32 Å². The molecule has 17 heavy (non-hydrogen) atoms. The molecule has 1 atom stereocenters. The summed E-state index contributed by atoms with van der Waals surface area (Å²) in [7, 11) is 1.69. The van der Waals surface area contributed by atoms with Crippen molar-refractivity contribution in [3.63, 3.8) is 0 Å². The molecule has 1 unspecified atom stereocenters. The van der Waals surface area contributed by atoms with Crippen LogP contribution in [0, 0.1) is 0 Å². The molecule has 1 fully saturated rings. The molecule has 0 aliphatic carbocycles. The Kier molecular flexibility index (Phi) is 5.21. The molecule has 5 nitrogen and oxygen atoms in total. The van der Waals surface area contributed by atoms with Gasteiger partial charge in [-0.3, -0.25) is 0 Å². The molecule has 1 amide bonds.